The molecule has 148 valence electrons. The van der Waals surface area contributed by atoms with Crippen LogP contribution in [-0.2, 0) is 18.6 Å². The third-order valence-corrected chi connectivity index (χ3v) is 6.46. The van der Waals surface area contributed by atoms with Gasteiger partial charge < -0.3 is 35.6 Å². The fourth-order valence-corrected chi connectivity index (χ4v) is 3.42. The minimum absolute atomic E-state index is 0.0471. The molecule has 16 heteroatoms. The van der Waals surface area contributed by atoms with Crippen molar-refractivity contribution in [1.82, 2.24) is 19.5 Å². The maximum atomic E-state index is 11.2. The highest BCUT2D eigenvalue weighted by atomic mass is 31.2. The summed E-state index contributed by atoms with van der Waals surface area (Å²) in [6, 6.07) is 0. The average molecular weight is 424 g/mol. The molecule has 0 aliphatic carbocycles. The number of ether oxygens (including phenoxy) is 2. The fourth-order valence-electron chi connectivity index (χ4n) is 2.56. The maximum Gasteiger partial charge on any atom is 0.472 e. The monoisotopic (exact) mass is 424 g/mol. The summed E-state index contributed by atoms with van der Waals surface area (Å²) in [5, 5.41) is 26.8. The normalized spacial score (nSPS) is 28.6. The first-order valence-corrected chi connectivity index (χ1v) is 9.87. The van der Waals surface area contributed by atoms with Crippen molar-refractivity contribution in [2.75, 3.05) is 12.3 Å². The van der Waals surface area contributed by atoms with Crippen LogP contribution in [0, 0.1) is 0 Å². The van der Waals surface area contributed by atoms with Crippen LogP contribution in [0.2, 0.25) is 0 Å². The maximum absolute atomic E-state index is 11.2. The molecular weight excluding hydrogens is 408 g/mol. The number of nitrogens with zero attached hydrogens (tertiary/aromatic N) is 4. The van der Waals surface area contributed by atoms with Gasteiger partial charge in [-0.3, -0.25) is 9.30 Å². The van der Waals surface area contributed by atoms with Gasteiger partial charge in [0, 0.05) is 0 Å². The minimum atomic E-state index is -5.30. The predicted octanol–water partition coefficient (Wildman–Crippen LogP) is -2.15. The van der Waals surface area contributed by atoms with Crippen LogP contribution in [-0.4, -0.2) is 74.8 Å². The average Bonchev–Trinajstić information content (AvgIpc) is 3.15. The Morgan fingerprint density at radius 1 is 1.33 bits per heavy atom. The van der Waals surface area contributed by atoms with Gasteiger partial charge in [0.05, 0.1) is 6.61 Å². The summed E-state index contributed by atoms with van der Waals surface area (Å²) in [6.45, 7) is -0.774. The Balaban J connectivity index is 1.82. The van der Waals surface area contributed by atoms with Crippen LogP contribution in [0.25, 0.3) is 11.2 Å². The second-order valence-electron chi connectivity index (χ2n) is 5.69. The molecule has 2 aromatic heterocycles. The topological polar surface area (TPSA) is 223 Å². The molecule has 1 fully saturated rings. The first-order valence-electron chi connectivity index (χ1n) is 7.35. The van der Waals surface area contributed by atoms with E-state index in [2.05, 4.69) is 19.7 Å². The SMILES string of the molecule is Nc1ncnc2ncn(C3OC(COC(O)([PH+]=O)P(=O)(O)O)C(O)C3O)c12. The lowest BCUT2D eigenvalue weighted by Crippen LogP contribution is -2.37. The molecule has 2 aromatic rings. The largest absolute Gasteiger partial charge is 0.472 e. The molecule has 0 spiro atoms. The van der Waals surface area contributed by atoms with E-state index >= 15 is 0 Å². The van der Waals surface area contributed by atoms with Crippen molar-refractivity contribution in [3.05, 3.63) is 12.7 Å². The third-order valence-electron chi connectivity index (χ3n) is 3.98. The van der Waals surface area contributed by atoms with Crippen molar-refractivity contribution in [2.24, 2.45) is 0 Å². The van der Waals surface area contributed by atoms with Crippen molar-refractivity contribution in [3.8, 4) is 0 Å². The number of hydrogen-bond acceptors (Lipinski definition) is 11. The van der Waals surface area contributed by atoms with Gasteiger partial charge in [-0.05, 0) is 0 Å². The van der Waals surface area contributed by atoms with Crippen LogP contribution >= 0.6 is 16.1 Å². The van der Waals surface area contributed by atoms with Gasteiger partial charge in [-0.25, -0.2) is 19.5 Å². The van der Waals surface area contributed by atoms with Crippen LogP contribution in [0.15, 0.2) is 12.7 Å². The van der Waals surface area contributed by atoms with Crippen molar-refractivity contribution >= 4 is 33.0 Å². The number of rotatable bonds is 6. The number of fused-ring (bicyclic) bond motifs is 1. The highest BCUT2D eigenvalue weighted by Crippen LogP contribution is 2.55. The Bertz CT molecular complexity index is 905. The van der Waals surface area contributed by atoms with Gasteiger partial charge in [0.1, 0.15) is 36.5 Å². The molecule has 0 radical (unpaired) electrons. The van der Waals surface area contributed by atoms with E-state index < -0.39 is 52.5 Å². The van der Waals surface area contributed by atoms with E-state index in [1.165, 1.54) is 17.2 Å². The number of anilines is 1. The highest BCUT2D eigenvalue weighted by Gasteiger charge is 2.58. The number of aliphatic hydroxyl groups excluding tert-OH is 2. The van der Waals surface area contributed by atoms with E-state index in [0.717, 1.165) is 0 Å². The zero-order valence-corrected chi connectivity index (χ0v) is 15.2. The van der Waals surface area contributed by atoms with E-state index in [9.17, 15) is 24.4 Å². The Kier molecular flexibility index (Phi) is 5.29. The number of aliphatic hydroxyl groups is 3. The smallest absolute Gasteiger partial charge is 0.387 e. The van der Waals surface area contributed by atoms with E-state index in [-0.39, 0.29) is 17.0 Å². The molecule has 14 nitrogen and oxygen atoms in total. The summed E-state index contributed by atoms with van der Waals surface area (Å²) in [4.78, 5) is 29.8. The van der Waals surface area contributed by atoms with Crippen molar-refractivity contribution in [1.29, 1.82) is 0 Å². The number of imidazole rings is 1. The molecule has 27 heavy (non-hydrogen) atoms. The summed E-state index contributed by atoms with van der Waals surface area (Å²) in [5.74, 6) is 0.0471. The number of nitrogens with two attached hydrogens (primary N) is 1. The van der Waals surface area contributed by atoms with E-state index in [4.69, 9.17) is 20.3 Å². The summed E-state index contributed by atoms with van der Waals surface area (Å²) in [7, 11) is -7.21. The van der Waals surface area contributed by atoms with E-state index in [0.29, 0.717) is 0 Å². The zero-order valence-electron chi connectivity index (χ0n) is 13.4. The Morgan fingerprint density at radius 3 is 2.67 bits per heavy atom. The van der Waals surface area contributed by atoms with Crippen molar-refractivity contribution in [2.45, 2.75) is 29.8 Å². The van der Waals surface area contributed by atoms with Crippen molar-refractivity contribution < 1.29 is 43.7 Å². The lowest BCUT2D eigenvalue weighted by atomic mass is 10.1. The fraction of sp³-hybridized carbons (Fsp3) is 0.545. The van der Waals surface area contributed by atoms with Gasteiger partial charge in [0.25, 0.3) is 0 Å². The van der Waals surface area contributed by atoms with Crippen LogP contribution in [0.1, 0.15) is 6.23 Å². The van der Waals surface area contributed by atoms with E-state index in [1.54, 1.807) is 0 Å². The molecule has 3 heterocycles. The quantitative estimate of drug-likeness (QED) is 0.215. The van der Waals surface area contributed by atoms with E-state index in [1.807, 2.05) is 0 Å². The lowest BCUT2D eigenvalue weighted by molar-refractivity contribution is -0.135. The summed E-state index contributed by atoms with van der Waals surface area (Å²) >= 11 is 0. The number of nitrogen functional groups attached to an aromatic ring is 1. The molecule has 0 aromatic carbocycles. The second kappa shape index (κ2) is 7.09. The van der Waals surface area contributed by atoms with Gasteiger partial charge >= 0.3 is 21.3 Å². The molecule has 1 aliphatic heterocycles. The molecule has 0 bridgehead atoms. The first-order chi connectivity index (χ1) is 12.6. The number of hydrogen-bond donors (Lipinski definition) is 6. The zero-order chi connectivity index (χ0) is 20.0. The predicted molar refractivity (Wildman–Crippen MR) is 87.6 cm³/mol. The molecule has 6 atom stereocenters. The van der Waals surface area contributed by atoms with Gasteiger partial charge in [-0.15, -0.1) is 0 Å². The van der Waals surface area contributed by atoms with Crippen LogP contribution in [0.5, 0.6) is 0 Å². The Hall–Kier alpha value is -1.60. The second-order valence-corrected chi connectivity index (χ2v) is 8.69. The highest BCUT2D eigenvalue weighted by molar-refractivity contribution is 7.62. The molecule has 1 saturated heterocycles. The van der Waals surface area contributed by atoms with Crippen LogP contribution < -0.4 is 5.73 Å². The van der Waals surface area contributed by atoms with Gasteiger partial charge in [0.15, 0.2) is 17.7 Å². The molecule has 3 rings (SSSR count). The molecular formula is C11H16N5O9P2+. The summed E-state index contributed by atoms with van der Waals surface area (Å²) in [6.07, 6.45) is -3.14. The van der Waals surface area contributed by atoms with Crippen LogP contribution in [0.3, 0.4) is 0 Å². The summed E-state index contributed by atoms with van der Waals surface area (Å²) in [5.41, 5.74) is 6.23. The van der Waals surface area contributed by atoms with Gasteiger partial charge in [-0.1, -0.05) is 4.57 Å². The van der Waals surface area contributed by atoms with Gasteiger partial charge in [-0.2, -0.15) is 0 Å². The van der Waals surface area contributed by atoms with Crippen molar-refractivity contribution in [3.63, 3.8) is 0 Å². The first kappa shape index (κ1) is 20.1. The molecule has 7 N–H and O–H groups in total. The lowest BCUT2D eigenvalue weighted by Gasteiger charge is -2.20. The molecule has 0 saturated carbocycles. The van der Waals surface area contributed by atoms with Gasteiger partial charge in [0.2, 0.25) is 0 Å². The molecule has 1 aliphatic rings. The van der Waals surface area contributed by atoms with Crippen LogP contribution in [0.4, 0.5) is 5.82 Å². The standard InChI is InChI=1S/C11H15N5O9P2/c12-8-5-9(14-2-13-8)15-3-16(5)10-7(18)6(17)4(25-10)1-24-11(19,26-20)27(21,22)23/h2-4,6-7,10,17-19H,1H2,(H2,12,13,14)(H2,21,22,23)/p+1. The third kappa shape index (κ3) is 3.47. The summed E-state index contributed by atoms with van der Waals surface area (Å²) < 4.78 is 33.6. The molecule has 6 unspecified atom stereocenters. The molecule has 0 amide bonds. The minimum Gasteiger partial charge on any atom is -0.387 e. The Morgan fingerprint density at radius 2 is 2.04 bits per heavy atom. The number of aromatic nitrogens is 4. The Labute approximate surface area is 151 Å².